The second-order valence-corrected chi connectivity index (χ2v) is 3.91. The quantitative estimate of drug-likeness (QED) is 0.738. The second-order valence-electron chi connectivity index (χ2n) is 3.50. The Bertz CT molecular complexity index is 293. The van der Waals surface area contributed by atoms with E-state index in [0.717, 1.165) is 23.8 Å². The highest BCUT2D eigenvalue weighted by Gasteiger charge is 2.21. The Labute approximate surface area is 88.9 Å². The van der Waals surface area contributed by atoms with Crippen molar-refractivity contribution in [2.24, 2.45) is 0 Å². The fourth-order valence-electron chi connectivity index (χ4n) is 1.22. The zero-order chi connectivity index (χ0) is 9.80. The molecule has 1 heterocycles. The Morgan fingerprint density at radius 1 is 1.57 bits per heavy atom. The Balaban J connectivity index is 1.60. The molecule has 76 valence electrons. The predicted molar refractivity (Wildman–Crippen MR) is 59.2 cm³/mol. The van der Waals surface area contributed by atoms with Gasteiger partial charge in [-0.25, -0.2) is 0 Å². The predicted octanol–water partition coefficient (Wildman–Crippen LogP) is 1.45. The first-order valence-electron chi connectivity index (χ1n) is 4.91. The van der Waals surface area contributed by atoms with Crippen molar-refractivity contribution in [3.8, 4) is 0 Å². The highest BCUT2D eigenvalue weighted by Crippen LogP contribution is 2.18. The van der Waals surface area contributed by atoms with E-state index in [1.54, 1.807) is 6.26 Å². The number of rotatable bonds is 4. The van der Waals surface area contributed by atoms with Crippen LogP contribution in [0.5, 0.6) is 0 Å². The van der Waals surface area contributed by atoms with Gasteiger partial charge in [0.05, 0.1) is 6.26 Å². The van der Waals surface area contributed by atoms with Gasteiger partial charge in [0.15, 0.2) is 5.11 Å². The van der Waals surface area contributed by atoms with Crippen LogP contribution >= 0.6 is 12.2 Å². The smallest absolute Gasteiger partial charge is 0.166 e. The van der Waals surface area contributed by atoms with Crippen molar-refractivity contribution >= 4 is 17.3 Å². The summed E-state index contributed by atoms with van der Waals surface area (Å²) in [5.41, 5.74) is 0. The van der Waals surface area contributed by atoms with Gasteiger partial charge in [0.2, 0.25) is 0 Å². The van der Waals surface area contributed by atoms with Gasteiger partial charge in [-0.3, -0.25) is 0 Å². The maximum absolute atomic E-state index is 5.21. The summed E-state index contributed by atoms with van der Waals surface area (Å²) in [6.07, 6.45) is 5.07. The zero-order valence-electron chi connectivity index (χ0n) is 7.95. The lowest BCUT2D eigenvalue weighted by atomic mass is 10.3. The second kappa shape index (κ2) is 4.46. The minimum Gasteiger partial charge on any atom is -0.469 e. The van der Waals surface area contributed by atoms with Crippen LogP contribution < -0.4 is 10.6 Å². The van der Waals surface area contributed by atoms with Crippen LogP contribution in [-0.4, -0.2) is 17.7 Å². The molecular formula is C10H14N2OS. The highest BCUT2D eigenvalue weighted by molar-refractivity contribution is 7.80. The number of nitrogens with one attached hydrogen (secondary N) is 2. The maximum atomic E-state index is 5.21. The van der Waals surface area contributed by atoms with Crippen LogP contribution in [0.15, 0.2) is 22.8 Å². The molecule has 14 heavy (non-hydrogen) atoms. The van der Waals surface area contributed by atoms with Crippen molar-refractivity contribution in [1.82, 2.24) is 10.6 Å². The van der Waals surface area contributed by atoms with Gasteiger partial charge in [-0.1, -0.05) is 0 Å². The lowest BCUT2D eigenvalue weighted by Gasteiger charge is -2.08. The number of hydrogen-bond acceptors (Lipinski definition) is 2. The van der Waals surface area contributed by atoms with Gasteiger partial charge in [0, 0.05) is 19.0 Å². The third-order valence-electron chi connectivity index (χ3n) is 2.15. The number of furan rings is 1. The summed E-state index contributed by atoms with van der Waals surface area (Å²) < 4.78 is 5.21. The molecule has 1 aromatic rings. The van der Waals surface area contributed by atoms with E-state index < -0.39 is 0 Å². The van der Waals surface area contributed by atoms with Gasteiger partial charge in [-0.15, -0.1) is 0 Å². The van der Waals surface area contributed by atoms with E-state index in [0.29, 0.717) is 6.04 Å². The van der Waals surface area contributed by atoms with Gasteiger partial charge in [0.25, 0.3) is 0 Å². The van der Waals surface area contributed by atoms with Gasteiger partial charge in [-0.05, 0) is 37.2 Å². The molecule has 2 rings (SSSR count). The van der Waals surface area contributed by atoms with Crippen molar-refractivity contribution in [2.45, 2.75) is 25.3 Å². The van der Waals surface area contributed by atoms with E-state index >= 15 is 0 Å². The fourth-order valence-corrected chi connectivity index (χ4v) is 1.49. The molecule has 1 aromatic heterocycles. The molecule has 1 aliphatic carbocycles. The normalized spacial score (nSPS) is 15.1. The average molecular weight is 210 g/mol. The molecule has 0 aromatic carbocycles. The van der Waals surface area contributed by atoms with E-state index in [-0.39, 0.29) is 0 Å². The van der Waals surface area contributed by atoms with Crippen molar-refractivity contribution in [3.05, 3.63) is 24.2 Å². The highest BCUT2D eigenvalue weighted by atomic mass is 32.1. The Morgan fingerprint density at radius 3 is 3.07 bits per heavy atom. The van der Waals surface area contributed by atoms with Gasteiger partial charge >= 0.3 is 0 Å². The topological polar surface area (TPSA) is 37.2 Å². The van der Waals surface area contributed by atoms with Gasteiger partial charge < -0.3 is 15.1 Å². The molecule has 0 saturated heterocycles. The average Bonchev–Trinajstić information content (AvgIpc) is 2.82. The molecular weight excluding hydrogens is 196 g/mol. The van der Waals surface area contributed by atoms with Crippen LogP contribution in [-0.2, 0) is 6.42 Å². The van der Waals surface area contributed by atoms with Crippen LogP contribution in [0.3, 0.4) is 0 Å². The fraction of sp³-hybridized carbons (Fsp3) is 0.500. The molecule has 0 amide bonds. The first-order valence-corrected chi connectivity index (χ1v) is 5.32. The first kappa shape index (κ1) is 9.52. The standard InChI is InChI=1S/C10H14N2OS/c14-10(12-8-3-4-8)11-6-5-9-2-1-7-13-9/h1-2,7-8H,3-6H2,(H2,11,12,14). The summed E-state index contributed by atoms with van der Waals surface area (Å²) in [5, 5.41) is 7.14. The monoisotopic (exact) mass is 210 g/mol. The third kappa shape index (κ3) is 3.03. The van der Waals surface area contributed by atoms with E-state index in [9.17, 15) is 0 Å². The lowest BCUT2D eigenvalue weighted by Crippen LogP contribution is -2.37. The molecule has 3 nitrogen and oxygen atoms in total. The molecule has 1 saturated carbocycles. The molecule has 0 atom stereocenters. The molecule has 0 aliphatic heterocycles. The summed E-state index contributed by atoms with van der Waals surface area (Å²) in [4.78, 5) is 0. The minimum atomic E-state index is 0.624. The van der Waals surface area contributed by atoms with Crippen molar-refractivity contribution in [1.29, 1.82) is 0 Å². The number of hydrogen-bond donors (Lipinski definition) is 2. The van der Waals surface area contributed by atoms with Gasteiger partial charge in [-0.2, -0.15) is 0 Å². The summed E-state index contributed by atoms with van der Waals surface area (Å²) >= 11 is 5.11. The first-order chi connectivity index (χ1) is 6.84. The van der Waals surface area contributed by atoms with E-state index in [4.69, 9.17) is 16.6 Å². The van der Waals surface area contributed by atoms with Crippen molar-refractivity contribution < 1.29 is 4.42 Å². The maximum Gasteiger partial charge on any atom is 0.166 e. The zero-order valence-corrected chi connectivity index (χ0v) is 8.77. The van der Waals surface area contributed by atoms with Crippen LogP contribution in [0.25, 0.3) is 0 Å². The van der Waals surface area contributed by atoms with E-state index in [1.807, 2.05) is 12.1 Å². The molecule has 4 heteroatoms. The molecule has 1 fully saturated rings. The Hall–Kier alpha value is -1.03. The van der Waals surface area contributed by atoms with E-state index in [2.05, 4.69) is 10.6 Å². The summed E-state index contributed by atoms with van der Waals surface area (Å²) in [7, 11) is 0. The molecule has 0 unspecified atom stereocenters. The van der Waals surface area contributed by atoms with Crippen LogP contribution in [0.2, 0.25) is 0 Å². The summed E-state index contributed by atoms with van der Waals surface area (Å²) in [5.74, 6) is 0.992. The molecule has 2 N–H and O–H groups in total. The van der Waals surface area contributed by atoms with Gasteiger partial charge in [0.1, 0.15) is 5.76 Å². The van der Waals surface area contributed by atoms with E-state index in [1.165, 1.54) is 12.8 Å². The van der Waals surface area contributed by atoms with Crippen molar-refractivity contribution in [2.75, 3.05) is 6.54 Å². The molecule has 0 radical (unpaired) electrons. The SMILES string of the molecule is S=C(NCCc1ccco1)NC1CC1. The third-order valence-corrected chi connectivity index (χ3v) is 2.41. The minimum absolute atomic E-state index is 0.624. The molecule has 0 bridgehead atoms. The lowest BCUT2D eigenvalue weighted by molar-refractivity contribution is 0.507. The van der Waals surface area contributed by atoms with Crippen molar-refractivity contribution in [3.63, 3.8) is 0 Å². The van der Waals surface area contributed by atoms with Crippen LogP contribution in [0.4, 0.5) is 0 Å². The molecule has 0 spiro atoms. The largest absolute Gasteiger partial charge is 0.469 e. The summed E-state index contributed by atoms with van der Waals surface area (Å²) in [6, 6.07) is 4.49. The van der Waals surface area contributed by atoms with Crippen LogP contribution in [0, 0.1) is 0 Å². The number of thiocarbonyl (C=S) groups is 1. The molecule has 1 aliphatic rings. The summed E-state index contributed by atoms with van der Waals surface area (Å²) in [6.45, 7) is 0.825. The van der Waals surface area contributed by atoms with Crippen LogP contribution in [0.1, 0.15) is 18.6 Å². The Kier molecular flexibility index (Phi) is 3.03. The Morgan fingerprint density at radius 2 is 2.43 bits per heavy atom.